The van der Waals surface area contributed by atoms with Crippen LogP contribution in [0.3, 0.4) is 0 Å². The number of hydrogen-bond acceptors (Lipinski definition) is 4. The van der Waals surface area contributed by atoms with Crippen molar-refractivity contribution in [2.24, 2.45) is 0 Å². The molecule has 1 saturated carbocycles. The highest BCUT2D eigenvalue weighted by Crippen LogP contribution is 2.34. The molecule has 1 unspecified atom stereocenters. The molecule has 3 aliphatic rings. The number of benzene rings is 1. The van der Waals surface area contributed by atoms with Crippen molar-refractivity contribution in [3.05, 3.63) is 23.8 Å². The number of likely N-dealkylation sites (tertiary alicyclic amines) is 1. The maximum atomic E-state index is 13.1. The molecule has 0 aromatic heterocycles. The Morgan fingerprint density at radius 3 is 2.64 bits per heavy atom. The molecule has 7 heteroatoms. The quantitative estimate of drug-likeness (QED) is 0.752. The molecule has 2 atom stereocenters. The zero-order chi connectivity index (χ0) is 19.7. The van der Waals surface area contributed by atoms with Gasteiger partial charge in [-0.25, -0.2) is 9.69 Å². The van der Waals surface area contributed by atoms with E-state index in [0.29, 0.717) is 6.67 Å². The number of carbonyl (C=O) groups excluding carboxylic acids is 2. The molecule has 1 aromatic rings. The Bertz CT molecular complexity index is 760. The van der Waals surface area contributed by atoms with E-state index in [1.807, 2.05) is 18.2 Å². The first-order valence-electron chi connectivity index (χ1n) is 10.3. The lowest BCUT2D eigenvalue weighted by Gasteiger charge is -2.31. The molecule has 0 bridgehead atoms. The number of urea groups is 1. The van der Waals surface area contributed by atoms with Crippen molar-refractivity contribution in [3.8, 4) is 11.5 Å². The normalized spacial score (nSPS) is 26.6. The van der Waals surface area contributed by atoms with Gasteiger partial charge in [0.15, 0.2) is 6.67 Å². The summed E-state index contributed by atoms with van der Waals surface area (Å²) in [5.74, 6) is 1.52. The summed E-state index contributed by atoms with van der Waals surface area (Å²) < 4.78 is 10.9. The predicted octanol–water partition coefficient (Wildman–Crippen LogP) is 1.64. The van der Waals surface area contributed by atoms with Gasteiger partial charge in [-0.2, -0.15) is 0 Å². The zero-order valence-electron chi connectivity index (χ0n) is 16.8. The number of imide groups is 1. The second kappa shape index (κ2) is 7.62. The van der Waals surface area contributed by atoms with Crippen LogP contribution in [0, 0.1) is 0 Å². The molecule has 4 rings (SSSR count). The summed E-state index contributed by atoms with van der Waals surface area (Å²) in [6.07, 6.45) is 6.74. The summed E-state index contributed by atoms with van der Waals surface area (Å²) >= 11 is 0. The third kappa shape index (κ3) is 3.21. The van der Waals surface area contributed by atoms with Crippen molar-refractivity contribution in [1.82, 2.24) is 10.2 Å². The first-order valence-corrected chi connectivity index (χ1v) is 10.3. The SMILES string of the molecule is COc1ccc([C@H]2CCC[NH+]2CN2C(=O)NC3(CCCCC3)C2=O)c(OC)c1. The van der Waals surface area contributed by atoms with E-state index in [-0.39, 0.29) is 18.0 Å². The minimum atomic E-state index is -0.651. The van der Waals surface area contributed by atoms with Crippen LogP contribution in [0.15, 0.2) is 18.2 Å². The van der Waals surface area contributed by atoms with E-state index in [9.17, 15) is 9.59 Å². The zero-order valence-corrected chi connectivity index (χ0v) is 16.8. The molecule has 2 N–H and O–H groups in total. The Hall–Kier alpha value is -2.28. The molecule has 3 amide bonds. The van der Waals surface area contributed by atoms with E-state index in [4.69, 9.17) is 9.47 Å². The van der Waals surface area contributed by atoms with E-state index in [1.54, 1.807) is 14.2 Å². The number of rotatable bonds is 5. The Morgan fingerprint density at radius 2 is 1.93 bits per heavy atom. The molecule has 1 aliphatic carbocycles. The van der Waals surface area contributed by atoms with E-state index in [2.05, 4.69) is 5.32 Å². The fourth-order valence-corrected chi connectivity index (χ4v) is 5.10. The highest BCUT2D eigenvalue weighted by atomic mass is 16.5. The molecular weight excluding hydrogens is 358 g/mol. The van der Waals surface area contributed by atoms with Crippen LogP contribution < -0.4 is 19.7 Å². The summed E-state index contributed by atoms with van der Waals surface area (Å²) in [4.78, 5) is 28.4. The summed E-state index contributed by atoms with van der Waals surface area (Å²) in [6.45, 7) is 1.34. The van der Waals surface area contributed by atoms with Crippen molar-refractivity contribution in [2.75, 3.05) is 27.4 Å². The molecule has 2 aliphatic heterocycles. The van der Waals surface area contributed by atoms with Gasteiger partial charge in [0.05, 0.1) is 26.3 Å². The average Bonchev–Trinajstić information content (AvgIpc) is 3.27. The van der Waals surface area contributed by atoms with Crippen molar-refractivity contribution < 1.29 is 24.0 Å². The predicted molar refractivity (Wildman–Crippen MR) is 103 cm³/mol. The summed E-state index contributed by atoms with van der Waals surface area (Å²) in [5, 5.41) is 3.02. The fraction of sp³-hybridized carbons (Fsp3) is 0.619. The van der Waals surface area contributed by atoms with Crippen molar-refractivity contribution >= 4 is 11.9 Å². The van der Waals surface area contributed by atoms with Crippen LogP contribution in [-0.2, 0) is 4.79 Å². The molecule has 7 nitrogen and oxygen atoms in total. The maximum absolute atomic E-state index is 13.1. The van der Waals surface area contributed by atoms with Crippen molar-refractivity contribution in [3.63, 3.8) is 0 Å². The van der Waals surface area contributed by atoms with Crippen LogP contribution in [0.25, 0.3) is 0 Å². The van der Waals surface area contributed by atoms with Crippen molar-refractivity contribution in [2.45, 2.75) is 56.5 Å². The molecule has 1 spiro atoms. The van der Waals surface area contributed by atoms with Gasteiger partial charge in [0.2, 0.25) is 0 Å². The van der Waals surface area contributed by atoms with Gasteiger partial charge in [0.25, 0.3) is 5.91 Å². The minimum Gasteiger partial charge on any atom is -0.497 e. The Morgan fingerprint density at radius 1 is 1.14 bits per heavy atom. The number of hydrogen-bond donors (Lipinski definition) is 2. The number of methoxy groups -OCH3 is 2. The van der Waals surface area contributed by atoms with Crippen LogP contribution in [0.5, 0.6) is 11.5 Å². The van der Waals surface area contributed by atoms with Gasteiger partial charge < -0.3 is 19.7 Å². The molecule has 2 heterocycles. The molecule has 152 valence electrons. The standard InChI is InChI=1S/C21H29N3O4/c1-27-15-8-9-16(18(13-15)28-2)17-7-6-12-23(17)14-24-19(25)21(22-20(24)26)10-4-3-5-11-21/h8-9,13,17H,3-7,10-12,14H2,1-2H3,(H,22,26)/p+1/t17-/m1/s1. The third-order valence-corrected chi connectivity index (χ3v) is 6.61. The highest BCUT2D eigenvalue weighted by Gasteiger charge is 2.53. The third-order valence-electron chi connectivity index (χ3n) is 6.61. The number of nitrogens with one attached hydrogen (secondary N) is 2. The number of carbonyl (C=O) groups is 2. The van der Waals surface area contributed by atoms with Crippen LogP contribution in [-0.4, -0.2) is 49.8 Å². The smallest absolute Gasteiger partial charge is 0.329 e. The summed E-state index contributed by atoms with van der Waals surface area (Å²) in [5.41, 5.74) is 0.456. The highest BCUT2D eigenvalue weighted by molar-refractivity contribution is 6.06. The average molecular weight is 388 g/mol. The summed E-state index contributed by atoms with van der Waals surface area (Å²) in [7, 11) is 3.30. The van der Waals surface area contributed by atoms with Gasteiger partial charge in [-0.15, -0.1) is 0 Å². The van der Waals surface area contributed by atoms with Crippen molar-refractivity contribution in [1.29, 1.82) is 0 Å². The first-order chi connectivity index (χ1) is 13.6. The van der Waals surface area contributed by atoms with Gasteiger partial charge in [0, 0.05) is 18.9 Å². The number of amides is 3. The summed E-state index contributed by atoms with van der Waals surface area (Å²) in [6, 6.07) is 5.85. The van der Waals surface area contributed by atoms with E-state index < -0.39 is 5.54 Å². The first kappa shape index (κ1) is 19.1. The number of ether oxygens (including phenoxy) is 2. The lowest BCUT2D eigenvalue weighted by Crippen LogP contribution is -3.12. The molecule has 0 radical (unpaired) electrons. The van der Waals surface area contributed by atoms with Crippen LogP contribution in [0.4, 0.5) is 4.79 Å². The van der Waals surface area contributed by atoms with Gasteiger partial charge >= 0.3 is 6.03 Å². The van der Waals surface area contributed by atoms with E-state index >= 15 is 0 Å². The Kier molecular flexibility index (Phi) is 5.19. The minimum absolute atomic E-state index is 0.0305. The molecule has 2 saturated heterocycles. The number of nitrogens with zero attached hydrogens (tertiary/aromatic N) is 1. The van der Waals surface area contributed by atoms with Crippen LogP contribution >= 0.6 is 0 Å². The fourth-order valence-electron chi connectivity index (χ4n) is 5.10. The van der Waals surface area contributed by atoms with Gasteiger partial charge in [-0.3, -0.25) is 4.79 Å². The largest absolute Gasteiger partial charge is 0.497 e. The second-order valence-corrected chi connectivity index (χ2v) is 8.18. The second-order valence-electron chi connectivity index (χ2n) is 8.18. The lowest BCUT2D eigenvalue weighted by atomic mass is 9.82. The number of quaternary nitrogens is 1. The molecule has 28 heavy (non-hydrogen) atoms. The molecule has 1 aromatic carbocycles. The monoisotopic (exact) mass is 388 g/mol. The van der Waals surface area contributed by atoms with E-state index in [1.165, 1.54) is 9.80 Å². The maximum Gasteiger partial charge on any atom is 0.329 e. The lowest BCUT2D eigenvalue weighted by molar-refractivity contribution is -0.925. The Balaban J connectivity index is 1.53. The molecular formula is C21H30N3O4+. The van der Waals surface area contributed by atoms with Crippen LogP contribution in [0.1, 0.15) is 56.6 Å². The Labute approximate surface area is 166 Å². The van der Waals surface area contributed by atoms with Gasteiger partial charge in [-0.05, 0) is 25.0 Å². The topological polar surface area (TPSA) is 72.3 Å². The van der Waals surface area contributed by atoms with Gasteiger partial charge in [0.1, 0.15) is 23.1 Å². The van der Waals surface area contributed by atoms with Gasteiger partial charge in [-0.1, -0.05) is 19.3 Å². The van der Waals surface area contributed by atoms with Crippen LogP contribution in [0.2, 0.25) is 0 Å². The molecule has 3 fully saturated rings. The van der Waals surface area contributed by atoms with E-state index in [0.717, 1.165) is 68.6 Å².